The topological polar surface area (TPSA) is 55.4 Å². The largest absolute Gasteiger partial charge is 0.400 e. The zero-order valence-corrected chi connectivity index (χ0v) is 17.5. The molecule has 9 heteroatoms. The summed E-state index contributed by atoms with van der Waals surface area (Å²) < 4.78 is 34.0. The molecule has 0 amide bonds. The van der Waals surface area contributed by atoms with Crippen LogP contribution >= 0.6 is 0 Å². The highest BCUT2D eigenvalue weighted by Gasteiger charge is 2.61. The van der Waals surface area contributed by atoms with Crippen molar-refractivity contribution in [3.05, 3.63) is 35.9 Å². The monoisotopic (exact) mass is 362 g/mol. The highest BCUT2D eigenvalue weighted by molar-refractivity contribution is 6.88. The second kappa shape index (κ2) is 9.70. The smallest absolute Gasteiger partial charge is 0.335 e. The maximum atomic E-state index is 5.75. The summed E-state index contributed by atoms with van der Waals surface area (Å²) in [5.74, 6) is 0. The lowest BCUT2D eigenvalue weighted by molar-refractivity contribution is 0.203. The number of benzene rings is 1. The van der Waals surface area contributed by atoms with Crippen LogP contribution in [0.1, 0.15) is 5.56 Å². The van der Waals surface area contributed by atoms with Crippen LogP contribution in [0.5, 0.6) is 0 Å². The molecule has 0 aliphatic heterocycles. The van der Waals surface area contributed by atoms with Crippen LogP contribution in [0.4, 0.5) is 0 Å². The Morgan fingerprint density at radius 1 is 0.591 bits per heavy atom. The highest BCUT2D eigenvalue weighted by atomic mass is 28.4. The molecule has 0 unspecified atom stereocenters. The lowest BCUT2D eigenvalue weighted by Gasteiger charge is -2.43. The molecular formula is C13H26O6Si3. The van der Waals surface area contributed by atoms with Gasteiger partial charge < -0.3 is 26.6 Å². The number of rotatable bonds is 10. The van der Waals surface area contributed by atoms with Crippen molar-refractivity contribution in [2.45, 2.75) is 4.28 Å². The number of hydrogen-bond donors (Lipinski definition) is 0. The van der Waals surface area contributed by atoms with E-state index in [0.29, 0.717) is 0 Å². The van der Waals surface area contributed by atoms with Crippen LogP contribution in [0.3, 0.4) is 0 Å². The van der Waals surface area contributed by atoms with Gasteiger partial charge in [-0.15, -0.1) is 0 Å². The van der Waals surface area contributed by atoms with Crippen LogP contribution < -0.4 is 0 Å². The Balaban J connectivity index is 3.61. The standard InChI is InChI=1S/C13H26O6Si3/c1-14-20(15-2)13(21(16-3)17-4,22(18-5)19-6)12-10-8-7-9-11-12/h7-11,20-22H,1-6H3. The van der Waals surface area contributed by atoms with Gasteiger partial charge in [-0.3, -0.25) is 0 Å². The Labute approximate surface area is 137 Å². The zero-order chi connectivity index (χ0) is 16.6. The van der Waals surface area contributed by atoms with E-state index in [1.54, 1.807) is 42.7 Å². The van der Waals surface area contributed by atoms with Gasteiger partial charge in [-0.25, -0.2) is 0 Å². The van der Waals surface area contributed by atoms with E-state index in [1.165, 1.54) is 0 Å². The Morgan fingerprint density at radius 3 is 1.18 bits per heavy atom. The molecule has 0 aromatic heterocycles. The molecule has 0 bridgehead atoms. The van der Waals surface area contributed by atoms with E-state index in [0.717, 1.165) is 5.56 Å². The van der Waals surface area contributed by atoms with Gasteiger partial charge in [0.2, 0.25) is 0 Å². The van der Waals surface area contributed by atoms with E-state index < -0.39 is 32.1 Å². The average Bonchev–Trinajstić information content (AvgIpc) is 2.58. The van der Waals surface area contributed by atoms with E-state index in [-0.39, 0.29) is 0 Å². The third-order valence-electron chi connectivity index (χ3n) is 3.73. The average molecular weight is 363 g/mol. The summed E-state index contributed by atoms with van der Waals surface area (Å²) in [5, 5.41) is 0. The number of hydrogen-bond acceptors (Lipinski definition) is 6. The van der Waals surface area contributed by atoms with E-state index in [4.69, 9.17) is 26.6 Å². The summed E-state index contributed by atoms with van der Waals surface area (Å²) in [7, 11) is 3.25. The molecule has 0 radical (unpaired) electrons. The molecule has 0 aliphatic carbocycles. The molecule has 1 rings (SSSR count). The van der Waals surface area contributed by atoms with E-state index in [1.807, 2.05) is 30.3 Å². The van der Waals surface area contributed by atoms with Gasteiger partial charge in [-0.05, 0) is 5.56 Å². The maximum Gasteiger partial charge on any atom is 0.335 e. The molecule has 0 N–H and O–H groups in total. The first-order valence-electron chi connectivity index (χ1n) is 6.89. The zero-order valence-electron chi connectivity index (χ0n) is 14.1. The molecule has 0 heterocycles. The fraction of sp³-hybridized carbons (Fsp3) is 0.538. The predicted molar refractivity (Wildman–Crippen MR) is 91.6 cm³/mol. The summed E-state index contributed by atoms with van der Waals surface area (Å²) in [6.07, 6.45) is 0. The first-order chi connectivity index (χ1) is 10.7. The first-order valence-corrected chi connectivity index (χ1v) is 11.5. The molecule has 1 aromatic rings. The van der Waals surface area contributed by atoms with Crippen molar-refractivity contribution >= 4 is 27.9 Å². The molecular weight excluding hydrogens is 336 g/mol. The van der Waals surface area contributed by atoms with Crippen LogP contribution in [-0.4, -0.2) is 70.5 Å². The van der Waals surface area contributed by atoms with E-state index >= 15 is 0 Å². The molecule has 0 saturated heterocycles. The van der Waals surface area contributed by atoms with Crippen LogP contribution in [0.2, 0.25) is 0 Å². The molecule has 22 heavy (non-hydrogen) atoms. The molecule has 1 aromatic carbocycles. The van der Waals surface area contributed by atoms with Gasteiger partial charge in [0.15, 0.2) is 0 Å². The fourth-order valence-corrected chi connectivity index (χ4v) is 14.8. The molecule has 0 atom stereocenters. The predicted octanol–water partition coefficient (Wildman–Crippen LogP) is 0.0819. The second-order valence-corrected chi connectivity index (χ2v) is 14.4. The van der Waals surface area contributed by atoms with Crippen molar-refractivity contribution in [1.82, 2.24) is 0 Å². The molecule has 6 nitrogen and oxygen atoms in total. The highest BCUT2D eigenvalue weighted by Crippen LogP contribution is 2.35. The molecule has 0 fully saturated rings. The summed E-state index contributed by atoms with van der Waals surface area (Å²) in [6.45, 7) is 0. The van der Waals surface area contributed by atoms with Crippen LogP contribution in [0.25, 0.3) is 0 Å². The van der Waals surface area contributed by atoms with Gasteiger partial charge in [0, 0.05) is 42.7 Å². The Kier molecular flexibility index (Phi) is 8.67. The van der Waals surface area contributed by atoms with Crippen LogP contribution in [0, 0.1) is 0 Å². The van der Waals surface area contributed by atoms with Crippen molar-refractivity contribution in [2.24, 2.45) is 0 Å². The third kappa shape index (κ3) is 3.58. The lowest BCUT2D eigenvalue weighted by atomic mass is 10.2. The van der Waals surface area contributed by atoms with Gasteiger partial charge in [-0.1, -0.05) is 30.3 Å². The van der Waals surface area contributed by atoms with Crippen molar-refractivity contribution in [3.8, 4) is 0 Å². The van der Waals surface area contributed by atoms with E-state index in [2.05, 4.69) is 0 Å². The quantitative estimate of drug-likeness (QED) is 0.550. The van der Waals surface area contributed by atoms with Crippen LogP contribution in [-0.2, 0) is 30.8 Å². The summed E-state index contributed by atoms with van der Waals surface area (Å²) in [6, 6.07) is 10.0. The summed E-state index contributed by atoms with van der Waals surface area (Å²) in [4.78, 5) is 0. The van der Waals surface area contributed by atoms with Gasteiger partial charge in [0.1, 0.15) is 4.28 Å². The summed E-state index contributed by atoms with van der Waals surface area (Å²) >= 11 is 0. The molecule has 0 saturated carbocycles. The van der Waals surface area contributed by atoms with Crippen molar-refractivity contribution in [3.63, 3.8) is 0 Å². The van der Waals surface area contributed by atoms with E-state index in [9.17, 15) is 0 Å². The first kappa shape index (κ1) is 19.7. The third-order valence-corrected chi connectivity index (χ3v) is 14.5. The van der Waals surface area contributed by atoms with Crippen molar-refractivity contribution in [2.75, 3.05) is 42.7 Å². The maximum absolute atomic E-state index is 5.75. The van der Waals surface area contributed by atoms with Crippen molar-refractivity contribution < 1.29 is 26.6 Å². The minimum atomic E-state index is -2.23. The van der Waals surface area contributed by atoms with Gasteiger partial charge in [-0.2, -0.15) is 0 Å². The van der Waals surface area contributed by atoms with Gasteiger partial charge >= 0.3 is 27.9 Å². The second-order valence-electron chi connectivity index (χ2n) is 4.71. The Hall–Kier alpha value is -0.369. The van der Waals surface area contributed by atoms with Crippen molar-refractivity contribution in [1.29, 1.82) is 0 Å². The fourth-order valence-electron chi connectivity index (χ4n) is 2.93. The van der Waals surface area contributed by atoms with Gasteiger partial charge in [0.05, 0.1) is 0 Å². The minimum absolute atomic E-state index is 0.572. The molecule has 0 aliphatic rings. The minimum Gasteiger partial charge on any atom is -0.400 e. The lowest BCUT2D eigenvalue weighted by Crippen LogP contribution is -2.68. The SMILES string of the molecule is CO[SiH](OC)C(c1ccccc1)([SiH](OC)OC)[SiH](OC)OC. The van der Waals surface area contributed by atoms with Gasteiger partial charge in [0.25, 0.3) is 0 Å². The van der Waals surface area contributed by atoms with Crippen LogP contribution in [0.15, 0.2) is 30.3 Å². The summed E-state index contributed by atoms with van der Waals surface area (Å²) in [5.41, 5.74) is 1.04. The molecule has 126 valence electrons. The normalized spacial score (nSPS) is 12.6. The Bertz CT molecular complexity index is 378. The Morgan fingerprint density at radius 2 is 0.909 bits per heavy atom. The molecule has 0 spiro atoms.